The van der Waals surface area contributed by atoms with E-state index in [2.05, 4.69) is 20.8 Å². The Labute approximate surface area is 105 Å². The fraction of sp³-hybridized carbons (Fsp3) is 0.929. The van der Waals surface area contributed by atoms with Gasteiger partial charge in [0.15, 0.2) is 0 Å². The SMILES string of the molecule is CC(C)(C)CC(CN)C(=O)OCCC1CCC1. The molecule has 2 N–H and O–H groups in total. The number of rotatable bonds is 6. The number of hydrogen-bond acceptors (Lipinski definition) is 3. The molecule has 1 atom stereocenters. The molecule has 0 saturated heterocycles. The molecular weight excluding hydrogens is 214 g/mol. The Morgan fingerprint density at radius 3 is 2.47 bits per heavy atom. The molecule has 100 valence electrons. The lowest BCUT2D eigenvalue weighted by atomic mass is 9.83. The van der Waals surface area contributed by atoms with Gasteiger partial charge in [0, 0.05) is 6.54 Å². The van der Waals surface area contributed by atoms with Gasteiger partial charge in [0.2, 0.25) is 0 Å². The average molecular weight is 241 g/mol. The second-order valence-corrected chi connectivity index (χ2v) is 6.45. The molecule has 1 saturated carbocycles. The Kier molecular flexibility index (Phi) is 5.44. The summed E-state index contributed by atoms with van der Waals surface area (Å²) in [7, 11) is 0. The molecule has 1 fully saturated rings. The van der Waals surface area contributed by atoms with Crippen molar-refractivity contribution in [2.75, 3.05) is 13.2 Å². The van der Waals surface area contributed by atoms with Gasteiger partial charge in [-0.1, -0.05) is 40.0 Å². The van der Waals surface area contributed by atoms with Gasteiger partial charge < -0.3 is 10.5 Å². The highest BCUT2D eigenvalue weighted by Crippen LogP contribution is 2.29. The lowest BCUT2D eigenvalue weighted by molar-refractivity contribution is -0.149. The van der Waals surface area contributed by atoms with Crippen molar-refractivity contribution < 1.29 is 9.53 Å². The van der Waals surface area contributed by atoms with Crippen LogP contribution in [-0.4, -0.2) is 19.1 Å². The summed E-state index contributed by atoms with van der Waals surface area (Å²) in [5, 5.41) is 0. The van der Waals surface area contributed by atoms with Crippen molar-refractivity contribution in [1.29, 1.82) is 0 Å². The second-order valence-electron chi connectivity index (χ2n) is 6.45. The first-order valence-corrected chi connectivity index (χ1v) is 6.79. The summed E-state index contributed by atoms with van der Waals surface area (Å²) in [5.74, 6) is 0.542. The minimum Gasteiger partial charge on any atom is -0.465 e. The first kappa shape index (κ1) is 14.5. The van der Waals surface area contributed by atoms with Crippen molar-refractivity contribution in [2.24, 2.45) is 23.0 Å². The topological polar surface area (TPSA) is 52.3 Å². The van der Waals surface area contributed by atoms with E-state index < -0.39 is 0 Å². The van der Waals surface area contributed by atoms with Crippen LogP contribution in [0.25, 0.3) is 0 Å². The van der Waals surface area contributed by atoms with Crippen molar-refractivity contribution in [3.8, 4) is 0 Å². The molecule has 0 spiro atoms. The van der Waals surface area contributed by atoms with Crippen LogP contribution < -0.4 is 5.73 Å². The Bertz CT molecular complexity index is 241. The van der Waals surface area contributed by atoms with Crippen molar-refractivity contribution in [1.82, 2.24) is 0 Å². The zero-order chi connectivity index (χ0) is 12.9. The normalized spacial score (nSPS) is 18.6. The van der Waals surface area contributed by atoms with E-state index in [0.29, 0.717) is 13.2 Å². The predicted molar refractivity (Wildman–Crippen MR) is 69.5 cm³/mol. The van der Waals surface area contributed by atoms with Crippen LogP contribution in [0.4, 0.5) is 0 Å². The van der Waals surface area contributed by atoms with Crippen LogP contribution in [0.3, 0.4) is 0 Å². The molecule has 1 rings (SSSR count). The first-order chi connectivity index (χ1) is 7.92. The van der Waals surface area contributed by atoms with Gasteiger partial charge in [-0.3, -0.25) is 4.79 Å². The third kappa shape index (κ3) is 5.53. The van der Waals surface area contributed by atoms with E-state index in [9.17, 15) is 4.79 Å². The Balaban J connectivity index is 2.22. The molecule has 0 aliphatic heterocycles. The molecule has 0 heterocycles. The Hall–Kier alpha value is -0.570. The van der Waals surface area contributed by atoms with Gasteiger partial charge in [0.1, 0.15) is 0 Å². The third-order valence-electron chi connectivity index (χ3n) is 3.47. The quantitative estimate of drug-likeness (QED) is 0.727. The van der Waals surface area contributed by atoms with Gasteiger partial charge >= 0.3 is 5.97 Å². The highest BCUT2D eigenvalue weighted by Gasteiger charge is 2.25. The molecule has 0 bridgehead atoms. The van der Waals surface area contributed by atoms with Crippen molar-refractivity contribution >= 4 is 5.97 Å². The molecule has 1 unspecified atom stereocenters. The maximum Gasteiger partial charge on any atom is 0.310 e. The largest absolute Gasteiger partial charge is 0.465 e. The average Bonchev–Trinajstić information content (AvgIpc) is 2.16. The van der Waals surface area contributed by atoms with Crippen LogP contribution in [0.1, 0.15) is 52.9 Å². The number of ether oxygens (including phenoxy) is 1. The number of esters is 1. The Morgan fingerprint density at radius 2 is 2.06 bits per heavy atom. The van der Waals surface area contributed by atoms with Crippen molar-refractivity contribution in [3.63, 3.8) is 0 Å². The van der Waals surface area contributed by atoms with E-state index >= 15 is 0 Å². The number of nitrogens with two attached hydrogens (primary N) is 1. The Morgan fingerprint density at radius 1 is 1.41 bits per heavy atom. The molecule has 0 radical (unpaired) electrons. The van der Waals surface area contributed by atoms with Gasteiger partial charge in [-0.15, -0.1) is 0 Å². The van der Waals surface area contributed by atoms with E-state index in [0.717, 1.165) is 18.8 Å². The third-order valence-corrected chi connectivity index (χ3v) is 3.47. The molecule has 0 aromatic heterocycles. The molecular formula is C14H27NO2. The summed E-state index contributed by atoms with van der Waals surface area (Å²) in [6, 6.07) is 0. The van der Waals surface area contributed by atoms with Crippen LogP contribution in [0, 0.1) is 17.3 Å². The fourth-order valence-electron chi connectivity index (χ4n) is 2.23. The maximum absolute atomic E-state index is 11.8. The lowest BCUT2D eigenvalue weighted by Gasteiger charge is -2.26. The molecule has 1 aliphatic carbocycles. The molecule has 3 heteroatoms. The summed E-state index contributed by atoms with van der Waals surface area (Å²) < 4.78 is 5.33. The summed E-state index contributed by atoms with van der Waals surface area (Å²) in [5.41, 5.74) is 5.77. The van der Waals surface area contributed by atoms with Crippen LogP contribution in [0.15, 0.2) is 0 Å². The van der Waals surface area contributed by atoms with E-state index in [1.807, 2.05) is 0 Å². The van der Waals surface area contributed by atoms with E-state index in [1.54, 1.807) is 0 Å². The minimum atomic E-state index is -0.142. The smallest absolute Gasteiger partial charge is 0.310 e. The molecule has 0 aromatic carbocycles. The maximum atomic E-state index is 11.8. The standard InChI is InChI=1S/C14H27NO2/c1-14(2,3)9-12(10-15)13(16)17-8-7-11-5-4-6-11/h11-12H,4-10,15H2,1-3H3. The molecule has 1 aliphatic rings. The minimum absolute atomic E-state index is 0.109. The van der Waals surface area contributed by atoms with Crippen LogP contribution in [-0.2, 0) is 9.53 Å². The second kappa shape index (κ2) is 6.39. The molecule has 0 aromatic rings. The predicted octanol–water partition coefficient (Wildman–Crippen LogP) is 2.73. The molecule has 17 heavy (non-hydrogen) atoms. The monoisotopic (exact) mass is 241 g/mol. The molecule has 3 nitrogen and oxygen atoms in total. The highest BCUT2D eigenvalue weighted by atomic mass is 16.5. The summed E-state index contributed by atoms with van der Waals surface area (Å²) in [6.07, 6.45) is 5.78. The highest BCUT2D eigenvalue weighted by molar-refractivity contribution is 5.72. The van der Waals surface area contributed by atoms with E-state index in [1.165, 1.54) is 19.3 Å². The van der Waals surface area contributed by atoms with Gasteiger partial charge in [-0.2, -0.15) is 0 Å². The van der Waals surface area contributed by atoms with Crippen LogP contribution in [0.5, 0.6) is 0 Å². The number of hydrogen-bond donors (Lipinski definition) is 1. The van der Waals surface area contributed by atoms with Crippen LogP contribution >= 0.6 is 0 Å². The van der Waals surface area contributed by atoms with Crippen molar-refractivity contribution in [3.05, 3.63) is 0 Å². The van der Waals surface area contributed by atoms with Gasteiger partial charge in [-0.05, 0) is 24.2 Å². The number of carbonyl (C=O) groups is 1. The summed E-state index contributed by atoms with van der Waals surface area (Å²) >= 11 is 0. The molecule has 0 amide bonds. The number of carbonyl (C=O) groups excluding carboxylic acids is 1. The fourth-order valence-corrected chi connectivity index (χ4v) is 2.23. The van der Waals surface area contributed by atoms with E-state index in [-0.39, 0.29) is 17.3 Å². The van der Waals surface area contributed by atoms with Crippen LogP contribution in [0.2, 0.25) is 0 Å². The zero-order valence-corrected chi connectivity index (χ0v) is 11.5. The summed E-state index contributed by atoms with van der Waals surface area (Å²) in [6.45, 7) is 7.33. The van der Waals surface area contributed by atoms with Gasteiger partial charge in [0.25, 0.3) is 0 Å². The van der Waals surface area contributed by atoms with E-state index in [4.69, 9.17) is 10.5 Å². The first-order valence-electron chi connectivity index (χ1n) is 6.79. The van der Waals surface area contributed by atoms with Crippen molar-refractivity contribution in [2.45, 2.75) is 52.9 Å². The lowest BCUT2D eigenvalue weighted by Crippen LogP contribution is -2.30. The zero-order valence-electron chi connectivity index (χ0n) is 11.5. The summed E-state index contributed by atoms with van der Waals surface area (Å²) in [4.78, 5) is 11.8. The van der Waals surface area contributed by atoms with Gasteiger partial charge in [-0.25, -0.2) is 0 Å². The van der Waals surface area contributed by atoms with Gasteiger partial charge in [0.05, 0.1) is 12.5 Å².